The molecule has 1 rings (SSSR count). The van der Waals surface area contributed by atoms with Gasteiger partial charge in [0.1, 0.15) is 16.9 Å². The highest BCUT2D eigenvalue weighted by molar-refractivity contribution is 5.90. The van der Waals surface area contributed by atoms with Crippen LogP contribution in [-0.4, -0.2) is 11.6 Å². The summed E-state index contributed by atoms with van der Waals surface area (Å²) < 4.78 is 10.2. The van der Waals surface area contributed by atoms with E-state index in [0.29, 0.717) is 11.3 Å². The van der Waals surface area contributed by atoms with Gasteiger partial charge in [0.25, 0.3) is 0 Å². The Kier molecular flexibility index (Phi) is 2.96. The van der Waals surface area contributed by atoms with Crippen molar-refractivity contribution in [2.24, 2.45) is 5.73 Å². The van der Waals surface area contributed by atoms with Gasteiger partial charge in [-0.25, -0.2) is 4.79 Å². The highest BCUT2D eigenvalue weighted by atomic mass is 16.6. The first-order valence-electron chi connectivity index (χ1n) is 4.44. The average molecular weight is 197 g/mol. The van der Waals surface area contributed by atoms with Crippen molar-refractivity contribution in [2.45, 2.75) is 32.9 Å². The first kappa shape index (κ1) is 10.8. The quantitative estimate of drug-likeness (QED) is 0.733. The summed E-state index contributed by atoms with van der Waals surface area (Å²) in [6.45, 7) is 5.63. The van der Waals surface area contributed by atoms with Crippen LogP contribution in [-0.2, 0) is 11.3 Å². The van der Waals surface area contributed by atoms with E-state index >= 15 is 0 Å². The number of rotatable bonds is 2. The van der Waals surface area contributed by atoms with E-state index in [4.69, 9.17) is 14.9 Å². The molecule has 0 fully saturated rings. The van der Waals surface area contributed by atoms with Crippen LogP contribution in [0.1, 0.15) is 36.9 Å². The van der Waals surface area contributed by atoms with E-state index in [1.807, 2.05) is 20.8 Å². The summed E-state index contributed by atoms with van der Waals surface area (Å²) in [5.74, 6) is 0.0611. The second kappa shape index (κ2) is 3.84. The second-order valence-electron chi connectivity index (χ2n) is 3.96. The highest BCUT2D eigenvalue weighted by Crippen LogP contribution is 2.15. The molecule has 1 aromatic heterocycles. The number of furan rings is 1. The summed E-state index contributed by atoms with van der Waals surface area (Å²) in [4.78, 5) is 11.6. The Morgan fingerprint density at radius 3 is 2.71 bits per heavy atom. The number of carbonyl (C=O) groups is 1. The van der Waals surface area contributed by atoms with Crippen LogP contribution in [0, 0.1) is 0 Å². The molecule has 78 valence electrons. The topological polar surface area (TPSA) is 65.5 Å². The molecule has 0 aliphatic carbocycles. The number of hydrogen-bond acceptors (Lipinski definition) is 4. The van der Waals surface area contributed by atoms with E-state index in [9.17, 15) is 4.79 Å². The molecule has 0 saturated carbocycles. The molecule has 0 atom stereocenters. The Labute approximate surface area is 83.0 Å². The molecule has 0 aromatic carbocycles. The molecule has 2 N–H and O–H groups in total. The molecule has 0 amide bonds. The lowest BCUT2D eigenvalue weighted by molar-refractivity contribution is 0.00673. The lowest BCUT2D eigenvalue weighted by atomic mass is 10.2. The largest absolute Gasteiger partial charge is 0.467 e. The fourth-order valence-electron chi connectivity index (χ4n) is 1.01. The van der Waals surface area contributed by atoms with Gasteiger partial charge in [-0.15, -0.1) is 0 Å². The molecule has 0 bridgehead atoms. The molecule has 0 saturated heterocycles. The van der Waals surface area contributed by atoms with Gasteiger partial charge in [0.05, 0.1) is 12.8 Å². The van der Waals surface area contributed by atoms with Gasteiger partial charge in [-0.2, -0.15) is 0 Å². The summed E-state index contributed by atoms with van der Waals surface area (Å²) in [5.41, 5.74) is 5.30. The number of hydrogen-bond donors (Lipinski definition) is 1. The Bertz CT molecular complexity index is 322. The predicted molar refractivity (Wildman–Crippen MR) is 51.8 cm³/mol. The lowest BCUT2D eigenvalue weighted by Gasteiger charge is -2.19. The summed E-state index contributed by atoms with van der Waals surface area (Å²) in [6, 6.07) is 1.57. The Balaban J connectivity index is 2.80. The van der Waals surface area contributed by atoms with E-state index in [-0.39, 0.29) is 6.54 Å². The van der Waals surface area contributed by atoms with E-state index in [1.54, 1.807) is 6.07 Å². The van der Waals surface area contributed by atoms with Crippen molar-refractivity contribution in [3.8, 4) is 0 Å². The van der Waals surface area contributed by atoms with Crippen LogP contribution >= 0.6 is 0 Å². The zero-order valence-electron chi connectivity index (χ0n) is 8.66. The van der Waals surface area contributed by atoms with Gasteiger partial charge in [0, 0.05) is 0 Å². The summed E-state index contributed by atoms with van der Waals surface area (Å²) in [6.07, 6.45) is 1.43. The van der Waals surface area contributed by atoms with Gasteiger partial charge in [0.2, 0.25) is 0 Å². The fourth-order valence-corrected chi connectivity index (χ4v) is 1.01. The van der Waals surface area contributed by atoms with E-state index < -0.39 is 11.6 Å². The van der Waals surface area contributed by atoms with Crippen LogP contribution in [0.15, 0.2) is 16.7 Å². The zero-order valence-corrected chi connectivity index (χ0v) is 8.66. The fraction of sp³-hybridized carbons (Fsp3) is 0.500. The molecule has 14 heavy (non-hydrogen) atoms. The first-order valence-corrected chi connectivity index (χ1v) is 4.44. The third kappa shape index (κ3) is 2.60. The summed E-state index contributed by atoms with van der Waals surface area (Å²) in [7, 11) is 0. The maximum absolute atomic E-state index is 11.6. The lowest BCUT2D eigenvalue weighted by Crippen LogP contribution is -2.24. The summed E-state index contributed by atoms with van der Waals surface area (Å²) in [5, 5.41) is 0. The molecule has 0 aliphatic heterocycles. The van der Waals surface area contributed by atoms with Gasteiger partial charge in [0.15, 0.2) is 0 Å². The molecular weight excluding hydrogens is 182 g/mol. The Hall–Kier alpha value is -1.29. The van der Waals surface area contributed by atoms with E-state index in [2.05, 4.69) is 0 Å². The van der Waals surface area contributed by atoms with Gasteiger partial charge < -0.3 is 14.9 Å². The van der Waals surface area contributed by atoms with Crippen LogP contribution in [0.4, 0.5) is 0 Å². The minimum atomic E-state index is -0.500. The normalized spacial score (nSPS) is 11.4. The molecule has 0 unspecified atom stereocenters. The summed E-state index contributed by atoms with van der Waals surface area (Å²) >= 11 is 0. The van der Waals surface area contributed by atoms with Gasteiger partial charge in [-0.3, -0.25) is 0 Å². The first-order chi connectivity index (χ1) is 6.44. The van der Waals surface area contributed by atoms with Crippen molar-refractivity contribution in [3.63, 3.8) is 0 Å². The van der Waals surface area contributed by atoms with Gasteiger partial charge in [-0.05, 0) is 26.8 Å². The third-order valence-corrected chi connectivity index (χ3v) is 1.55. The van der Waals surface area contributed by atoms with Crippen molar-refractivity contribution < 1.29 is 13.9 Å². The predicted octanol–water partition coefficient (Wildman–Crippen LogP) is 1.69. The molecule has 0 aliphatic rings. The van der Waals surface area contributed by atoms with E-state index in [0.717, 1.165) is 0 Å². The molecule has 1 heterocycles. The number of esters is 1. The minimum absolute atomic E-state index is 0.196. The second-order valence-corrected chi connectivity index (χ2v) is 3.96. The monoisotopic (exact) mass is 197 g/mol. The van der Waals surface area contributed by atoms with Crippen LogP contribution in [0.25, 0.3) is 0 Å². The van der Waals surface area contributed by atoms with Crippen molar-refractivity contribution in [3.05, 3.63) is 23.7 Å². The molecule has 4 nitrogen and oxygen atoms in total. The Morgan fingerprint density at radius 2 is 2.21 bits per heavy atom. The molecular formula is C10H15NO3. The highest BCUT2D eigenvalue weighted by Gasteiger charge is 2.21. The van der Waals surface area contributed by atoms with Crippen LogP contribution in [0.3, 0.4) is 0 Å². The van der Waals surface area contributed by atoms with Crippen LogP contribution < -0.4 is 5.73 Å². The SMILES string of the molecule is CC(C)(C)OC(=O)c1ccoc1CN. The average Bonchev–Trinajstić information content (AvgIpc) is 2.47. The molecule has 0 spiro atoms. The number of nitrogens with two attached hydrogens (primary N) is 1. The van der Waals surface area contributed by atoms with Crippen molar-refractivity contribution in [1.82, 2.24) is 0 Å². The maximum Gasteiger partial charge on any atom is 0.342 e. The van der Waals surface area contributed by atoms with Crippen molar-refractivity contribution >= 4 is 5.97 Å². The third-order valence-electron chi connectivity index (χ3n) is 1.55. The molecule has 0 radical (unpaired) electrons. The molecule has 1 aromatic rings. The maximum atomic E-state index is 11.6. The zero-order chi connectivity index (χ0) is 10.8. The minimum Gasteiger partial charge on any atom is -0.467 e. The Morgan fingerprint density at radius 1 is 1.57 bits per heavy atom. The van der Waals surface area contributed by atoms with Gasteiger partial charge >= 0.3 is 5.97 Å². The van der Waals surface area contributed by atoms with Crippen molar-refractivity contribution in [1.29, 1.82) is 0 Å². The van der Waals surface area contributed by atoms with E-state index in [1.165, 1.54) is 6.26 Å². The number of ether oxygens (including phenoxy) is 1. The van der Waals surface area contributed by atoms with Crippen LogP contribution in [0.2, 0.25) is 0 Å². The smallest absolute Gasteiger partial charge is 0.342 e. The number of carbonyl (C=O) groups excluding carboxylic acids is 1. The van der Waals surface area contributed by atoms with Gasteiger partial charge in [-0.1, -0.05) is 0 Å². The van der Waals surface area contributed by atoms with Crippen LogP contribution in [0.5, 0.6) is 0 Å². The molecule has 4 heteroatoms. The standard InChI is InChI=1S/C10H15NO3/c1-10(2,3)14-9(12)7-4-5-13-8(7)6-11/h4-5H,6,11H2,1-3H3. The van der Waals surface area contributed by atoms with Crippen molar-refractivity contribution in [2.75, 3.05) is 0 Å².